The fraction of sp³-hybridized carbons (Fsp3) is 0.600. The molecule has 8 heteroatoms. The Morgan fingerprint density at radius 3 is 2.47 bits per heavy atom. The molecule has 1 spiro atoms. The standard InChI is InChI=1S/C30H41N3O5/c1-21-2-4-22(5-3-21)18-32-14-12-30(13-15-32)20-33(29(37)38-30)19-23-6-9-25(10-7-23)28(36)31-17-24-8-11-26(34)27(35)16-24/h2-5,11,16,23-25,34-35H,6-10,12-15,17-20H2,1H3,(H,31,36). The first-order chi connectivity index (χ1) is 18.3. The highest BCUT2D eigenvalue weighted by Crippen LogP contribution is 2.36. The van der Waals surface area contributed by atoms with Crippen LogP contribution in [0.3, 0.4) is 0 Å². The van der Waals surface area contributed by atoms with Crippen LogP contribution in [0.2, 0.25) is 0 Å². The number of likely N-dealkylation sites (tertiary alicyclic amines) is 1. The molecule has 5 rings (SSSR count). The third-order valence-corrected chi connectivity index (χ3v) is 8.84. The molecular formula is C30H41N3O5. The van der Waals surface area contributed by atoms with Crippen molar-refractivity contribution in [3.63, 3.8) is 0 Å². The number of nitrogens with zero attached hydrogens (tertiary/aromatic N) is 2. The lowest BCUT2D eigenvalue weighted by Crippen LogP contribution is -2.46. The summed E-state index contributed by atoms with van der Waals surface area (Å²) >= 11 is 0. The largest absolute Gasteiger partial charge is 0.504 e. The molecule has 1 aromatic rings. The predicted octanol–water partition coefficient (Wildman–Crippen LogP) is 4.61. The van der Waals surface area contributed by atoms with Crippen molar-refractivity contribution in [2.24, 2.45) is 17.8 Å². The van der Waals surface area contributed by atoms with Crippen molar-refractivity contribution < 1.29 is 24.5 Å². The summed E-state index contributed by atoms with van der Waals surface area (Å²) in [6.45, 7) is 6.75. The summed E-state index contributed by atoms with van der Waals surface area (Å²) in [7, 11) is 0. The molecule has 0 bridgehead atoms. The Bertz CT molecular complexity index is 1070. The van der Waals surface area contributed by atoms with Crippen molar-refractivity contribution in [3.8, 4) is 0 Å². The Kier molecular flexibility index (Phi) is 7.98. The summed E-state index contributed by atoms with van der Waals surface area (Å²) in [6, 6.07) is 8.70. The molecule has 8 nitrogen and oxygen atoms in total. The summed E-state index contributed by atoms with van der Waals surface area (Å²) < 4.78 is 5.98. The average Bonchev–Trinajstić information content (AvgIpc) is 3.21. The van der Waals surface area contributed by atoms with Gasteiger partial charge < -0.3 is 25.2 Å². The van der Waals surface area contributed by atoms with Crippen LogP contribution in [0.5, 0.6) is 0 Å². The van der Waals surface area contributed by atoms with Gasteiger partial charge in [-0.3, -0.25) is 9.69 Å². The van der Waals surface area contributed by atoms with Gasteiger partial charge in [-0.1, -0.05) is 29.8 Å². The molecular weight excluding hydrogens is 482 g/mol. The molecule has 4 aliphatic rings. The smallest absolute Gasteiger partial charge is 0.410 e. The van der Waals surface area contributed by atoms with Gasteiger partial charge >= 0.3 is 6.09 Å². The van der Waals surface area contributed by atoms with Gasteiger partial charge in [0.25, 0.3) is 0 Å². The van der Waals surface area contributed by atoms with E-state index in [1.165, 1.54) is 11.1 Å². The summed E-state index contributed by atoms with van der Waals surface area (Å²) in [6.07, 6.45) is 8.86. The number of nitrogens with one attached hydrogen (secondary N) is 1. The highest BCUT2D eigenvalue weighted by Gasteiger charge is 2.47. The number of hydrogen-bond donors (Lipinski definition) is 3. The highest BCUT2D eigenvalue weighted by molar-refractivity contribution is 5.78. The molecule has 0 radical (unpaired) electrons. The van der Waals surface area contributed by atoms with Gasteiger partial charge in [-0.15, -0.1) is 0 Å². The monoisotopic (exact) mass is 523 g/mol. The molecule has 38 heavy (non-hydrogen) atoms. The van der Waals surface area contributed by atoms with Crippen LogP contribution >= 0.6 is 0 Å². The third-order valence-electron chi connectivity index (χ3n) is 8.84. The van der Waals surface area contributed by atoms with Crippen molar-refractivity contribution in [2.45, 2.75) is 64.0 Å². The number of aryl methyl sites for hydroxylation is 1. The van der Waals surface area contributed by atoms with Gasteiger partial charge in [0.15, 0.2) is 11.5 Å². The van der Waals surface area contributed by atoms with E-state index >= 15 is 0 Å². The quantitative estimate of drug-likeness (QED) is 0.483. The van der Waals surface area contributed by atoms with Crippen molar-refractivity contribution in [1.29, 1.82) is 0 Å². The van der Waals surface area contributed by atoms with Crippen LogP contribution in [0.4, 0.5) is 4.79 Å². The molecule has 3 fully saturated rings. The maximum absolute atomic E-state index is 12.8. The van der Waals surface area contributed by atoms with E-state index in [1.54, 1.807) is 12.2 Å². The Morgan fingerprint density at radius 1 is 1.08 bits per heavy atom. The van der Waals surface area contributed by atoms with Gasteiger partial charge in [0.2, 0.25) is 5.91 Å². The van der Waals surface area contributed by atoms with Crippen molar-refractivity contribution >= 4 is 12.0 Å². The number of benzene rings is 1. The number of carbonyl (C=O) groups is 2. The third kappa shape index (κ3) is 6.34. The maximum Gasteiger partial charge on any atom is 0.410 e. The predicted molar refractivity (Wildman–Crippen MR) is 144 cm³/mol. The zero-order chi connectivity index (χ0) is 26.7. The van der Waals surface area contributed by atoms with Crippen molar-refractivity contribution in [3.05, 3.63) is 59.1 Å². The number of piperidine rings is 1. The first kappa shape index (κ1) is 26.6. The molecule has 1 atom stereocenters. The second-order valence-corrected chi connectivity index (χ2v) is 11.8. The first-order valence-corrected chi connectivity index (χ1v) is 14.1. The zero-order valence-electron chi connectivity index (χ0n) is 22.4. The van der Waals surface area contributed by atoms with Crippen molar-refractivity contribution in [2.75, 3.05) is 32.7 Å². The summed E-state index contributed by atoms with van der Waals surface area (Å²) in [5.41, 5.74) is 2.24. The number of ether oxygens (including phenoxy) is 1. The number of carbonyl (C=O) groups excluding carboxylic acids is 2. The molecule has 2 saturated heterocycles. The molecule has 2 aliphatic carbocycles. The summed E-state index contributed by atoms with van der Waals surface area (Å²) in [4.78, 5) is 29.8. The van der Waals surface area contributed by atoms with Crippen LogP contribution in [0.25, 0.3) is 0 Å². The van der Waals surface area contributed by atoms with E-state index in [1.807, 2.05) is 4.90 Å². The number of aliphatic hydroxyl groups is 2. The summed E-state index contributed by atoms with van der Waals surface area (Å²) in [5, 5.41) is 22.2. The summed E-state index contributed by atoms with van der Waals surface area (Å²) in [5.74, 6) is 0.232. The van der Waals surface area contributed by atoms with Gasteiger partial charge in [-0.2, -0.15) is 0 Å². The molecule has 2 aliphatic heterocycles. The molecule has 2 amide bonds. The Labute approximate surface area is 225 Å². The van der Waals surface area contributed by atoms with Crippen LogP contribution in [0.15, 0.2) is 47.9 Å². The fourth-order valence-corrected chi connectivity index (χ4v) is 6.35. The minimum Gasteiger partial charge on any atom is -0.504 e. The SMILES string of the molecule is Cc1ccc(CN2CCC3(CC2)CN(CC2CCC(C(=O)NCC4C=C(O)C(O)=CC4)CC2)C(=O)O3)cc1. The normalized spacial score (nSPS) is 27.6. The minimum absolute atomic E-state index is 0.00541. The Balaban J connectivity index is 1.03. The van der Waals surface area contributed by atoms with Gasteiger partial charge in [0.1, 0.15) is 5.60 Å². The molecule has 206 valence electrons. The van der Waals surface area contributed by atoms with Gasteiger partial charge in [-0.25, -0.2) is 4.79 Å². The van der Waals surface area contributed by atoms with E-state index in [4.69, 9.17) is 4.74 Å². The lowest BCUT2D eigenvalue weighted by Gasteiger charge is -2.37. The van der Waals surface area contributed by atoms with E-state index in [0.717, 1.165) is 58.2 Å². The van der Waals surface area contributed by atoms with Gasteiger partial charge in [-0.05, 0) is 62.7 Å². The lowest BCUT2D eigenvalue weighted by atomic mass is 9.81. The second kappa shape index (κ2) is 11.4. The van der Waals surface area contributed by atoms with Crippen LogP contribution in [-0.4, -0.2) is 70.3 Å². The van der Waals surface area contributed by atoms with Crippen LogP contribution in [0, 0.1) is 24.7 Å². The number of allylic oxidation sites excluding steroid dienone is 1. The molecule has 3 N–H and O–H groups in total. The number of hydrogen-bond acceptors (Lipinski definition) is 6. The van der Waals surface area contributed by atoms with E-state index in [2.05, 4.69) is 41.4 Å². The number of rotatable bonds is 7. The average molecular weight is 524 g/mol. The molecule has 1 saturated carbocycles. The van der Waals surface area contributed by atoms with E-state index < -0.39 is 0 Å². The lowest BCUT2D eigenvalue weighted by molar-refractivity contribution is -0.126. The van der Waals surface area contributed by atoms with Gasteiger partial charge in [0.05, 0.1) is 6.54 Å². The van der Waals surface area contributed by atoms with Gasteiger partial charge in [0, 0.05) is 57.4 Å². The molecule has 2 heterocycles. The van der Waals surface area contributed by atoms with E-state index in [9.17, 15) is 19.8 Å². The second-order valence-electron chi connectivity index (χ2n) is 11.8. The van der Waals surface area contributed by atoms with E-state index in [0.29, 0.717) is 32.0 Å². The van der Waals surface area contributed by atoms with Crippen LogP contribution < -0.4 is 5.32 Å². The molecule has 0 aromatic heterocycles. The molecule has 1 unspecified atom stereocenters. The van der Waals surface area contributed by atoms with Crippen molar-refractivity contribution in [1.82, 2.24) is 15.1 Å². The van der Waals surface area contributed by atoms with E-state index in [-0.39, 0.29) is 41.0 Å². The highest BCUT2D eigenvalue weighted by atomic mass is 16.6. The fourth-order valence-electron chi connectivity index (χ4n) is 6.35. The van der Waals surface area contributed by atoms with Crippen LogP contribution in [0.1, 0.15) is 56.1 Å². The maximum atomic E-state index is 12.8. The number of amides is 2. The number of aliphatic hydroxyl groups excluding tert-OH is 2. The van der Waals surface area contributed by atoms with Crippen LogP contribution in [-0.2, 0) is 16.1 Å². The molecule has 1 aromatic carbocycles. The minimum atomic E-state index is -0.355. The zero-order valence-corrected chi connectivity index (χ0v) is 22.4. The Hall–Kier alpha value is -3.00. The Morgan fingerprint density at radius 2 is 1.79 bits per heavy atom. The topological polar surface area (TPSA) is 102 Å². The first-order valence-electron chi connectivity index (χ1n) is 14.1.